The molecule has 3 aromatic carbocycles. The SMILES string of the molecule is c1ccc(C[n+]2cccc(Cn3c4ccccc4c4ccccc43)c2)cc1. The van der Waals surface area contributed by atoms with Crippen LogP contribution < -0.4 is 4.57 Å². The Balaban J connectivity index is 1.55. The minimum Gasteiger partial charge on any atom is -0.336 e. The van der Waals surface area contributed by atoms with Crippen LogP contribution in [0.1, 0.15) is 11.1 Å². The van der Waals surface area contributed by atoms with Gasteiger partial charge < -0.3 is 4.57 Å². The fourth-order valence-corrected chi connectivity index (χ4v) is 3.92. The molecule has 2 heteroatoms. The van der Waals surface area contributed by atoms with Gasteiger partial charge in [0, 0.05) is 39.0 Å². The second-order valence-electron chi connectivity index (χ2n) is 6.99. The summed E-state index contributed by atoms with van der Waals surface area (Å²) in [7, 11) is 0. The Bertz CT molecular complexity index is 1170. The Morgan fingerprint density at radius 2 is 1.19 bits per heavy atom. The molecule has 130 valence electrons. The number of hydrogen-bond acceptors (Lipinski definition) is 0. The lowest BCUT2D eigenvalue weighted by atomic mass is 10.2. The van der Waals surface area contributed by atoms with E-state index in [2.05, 4.69) is 113 Å². The van der Waals surface area contributed by atoms with Gasteiger partial charge in [0.2, 0.25) is 0 Å². The molecule has 0 aliphatic heterocycles. The monoisotopic (exact) mass is 349 g/mol. The lowest BCUT2D eigenvalue weighted by Crippen LogP contribution is -2.34. The molecule has 2 heterocycles. The van der Waals surface area contributed by atoms with Crippen LogP contribution >= 0.6 is 0 Å². The summed E-state index contributed by atoms with van der Waals surface area (Å²) < 4.78 is 4.69. The summed E-state index contributed by atoms with van der Waals surface area (Å²) in [4.78, 5) is 0. The number of fused-ring (bicyclic) bond motifs is 3. The maximum absolute atomic E-state index is 2.42. The first-order valence-electron chi connectivity index (χ1n) is 9.36. The van der Waals surface area contributed by atoms with E-state index in [1.165, 1.54) is 32.9 Å². The normalized spacial score (nSPS) is 11.3. The molecule has 0 aliphatic rings. The van der Waals surface area contributed by atoms with Gasteiger partial charge in [-0.05, 0) is 18.2 Å². The number of para-hydroxylation sites is 2. The number of pyridine rings is 1. The van der Waals surface area contributed by atoms with Gasteiger partial charge in [0.25, 0.3) is 0 Å². The van der Waals surface area contributed by atoms with Gasteiger partial charge in [-0.25, -0.2) is 4.57 Å². The van der Waals surface area contributed by atoms with Crippen LogP contribution in [0.5, 0.6) is 0 Å². The maximum Gasteiger partial charge on any atom is 0.174 e. The minimum atomic E-state index is 0.865. The highest BCUT2D eigenvalue weighted by Crippen LogP contribution is 2.29. The van der Waals surface area contributed by atoms with Crippen LogP contribution in [0.15, 0.2) is 103 Å². The fourth-order valence-electron chi connectivity index (χ4n) is 3.92. The van der Waals surface area contributed by atoms with Crippen molar-refractivity contribution in [2.45, 2.75) is 13.1 Å². The van der Waals surface area contributed by atoms with Crippen LogP contribution in [0.4, 0.5) is 0 Å². The third-order valence-corrected chi connectivity index (χ3v) is 5.15. The van der Waals surface area contributed by atoms with Crippen LogP contribution in [0.3, 0.4) is 0 Å². The van der Waals surface area contributed by atoms with E-state index in [0.717, 1.165) is 13.1 Å². The molecule has 0 fully saturated rings. The molecule has 0 radical (unpaired) electrons. The van der Waals surface area contributed by atoms with E-state index in [1.54, 1.807) is 0 Å². The van der Waals surface area contributed by atoms with Gasteiger partial charge in [0.1, 0.15) is 0 Å². The third-order valence-electron chi connectivity index (χ3n) is 5.15. The summed E-state index contributed by atoms with van der Waals surface area (Å²) in [6.07, 6.45) is 4.40. The molecule has 5 aromatic rings. The van der Waals surface area contributed by atoms with Crippen molar-refractivity contribution in [1.29, 1.82) is 0 Å². The van der Waals surface area contributed by atoms with Crippen molar-refractivity contribution in [1.82, 2.24) is 4.57 Å². The summed E-state index contributed by atoms with van der Waals surface area (Å²) in [5.41, 5.74) is 5.20. The van der Waals surface area contributed by atoms with Crippen molar-refractivity contribution >= 4 is 21.8 Å². The Hall–Kier alpha value is -3.39. The van der Waals surface area contributed by atoms with Gasteiger partial charge in [-0.15, -0.1) is 0 Å². The van der Waals surface area contributed by atoms with E-state index in [0.29, 0.717) is 0 Å². The number of rotatable bonds is 4. The zero-order valence-electron chi connectivity index (χ0n) is 15.1. The second kappa shape index (κ2) is 6.73. The van der Waals surface area contributed by atoms with Crippen LogP contribution in [-0.2, 0) is 13.1 Å². The molecular formula is C25H21N2+. The van der Waals surface area contributed by atoms with Crippen LogP contribution in [0.2, 0.25) is 0 Å². The van der Waals surface area contributed by atoms with Gasteiger partial charge in [0.15, 0.2) is 18.9 Å². The molecule has 0 bridgehead atoms. The maximum atomic E-state index is 2.42. The smallest absolute Gasteiger partial charge is 0.174 e. The average molecular weight is 349 g/mol. The lowest BCUT2D eigenvalue weighted by molar-refractivity contribution is -0.688. The van der Waals surface area contributed by atoms with Crippen LogP contribution in [0, 0.1) is 0 Å². The summed E-state index contributed by atoms with van der Waals surface area (Å²) >= 11 is 0. The molecule has 0 aliphatic carbocycles. The molecule has 5 rings (SSSR count). The van der Waals surface area contributed by atoms with Gasteiger partial charge in [-0.1, -0.05) is 66.7 Å². The number of aromatic nitrogens is 2. The molecule has 2 aromatic heterocycles. The van der Waals surface area contributed by atoms with E-state index < -0.39 is 0 Å². The highest BCUT2D eigenvalue weighted by molar-refractivity contribution is 6.08. The highest BCUT2D eigenvalue weighted by atomic mass is 15.0. The van der Waals surface area contributed by atoms with Crippen molar-refractivity contribution in [2.75, 3.05) is 0 Å². The standard InChI is InChI=1S/C25H21N2/c1-2-9-20(10-3-1)17-26-16-8-11-21(18-26)19-27-24-14-6-4-12-22(24)23-13-5-7-15-25(23)27/h1-16,18H,17,19H2/q+1. The molecule has 2 nitrogen and oxygen atoms in total. The fraction of sp³-hybridized carbons (Fsp3) is 0.0800. The highest BCUT2D eigenvalue weighted by Gasteiger charge is 2.11. The molecule has 0 atom stereocenters. The van der Waals surface area contributed by atoms with Crippen molar-refractivity contribution < 1.29 is 4.57 Å². The number of hydrogen-bond donors (Lipinski definition) is 0. The molecule has 0 amide bonds. The zero-order chi connectivity index (χ0) is 18.1. The van der Waals surface area contributed by atoms with Gasteiger partial charge >= 0.3 is 0 Å². The Morgan fingerprint density at radius 3 is 1.89 bits per heavy atom. The largest absolute Gasteiger partial charge is 0.336 e. The van der Waals surface area contributed by atoms with Crippen molar-refractivity contribution in [3.05, 3.63) is 115 Å². The predicted octanol–water partition coefficient (Wildman–Crippen LogP) is 5.18. The Morgan fingerprint density at radius 1 is 0.593 bits per heavy atom. The molecule has 0 saturated heterocycles. The molecular weight excluding hydrogens is 328 g/mol. The first-order chi connectivity index (χ1) is 13.4. The van der Waals surface area contributed by atoms with Crippen LogP contribution in [-0.4, -0.2) is 4.57 Å². The predicted molar refractivity (Wildman–Crippen MR) is 111 cm³/mol. The van der Waals surface area contributed by atoms with Crippen molar-refractivity contribution in [2.24, 2.45) is 0 Å². The molecule has 27 heavy (non-hydrogen) atoms. The van der Waals surface area contributed by atoms with Gasteiger partial charge in [-0.3, -0.25) is 0 Å². The zero-order valence-corrected chi connectivity index (χ0v) is 15.1. The second-order valence-corrected chi connectivity index (χ2v) is 6.99. The average Bonchev–Trinajstić information content (AvgIpc) is 3.03. The summed E-state index contributed by atoms with van der Waals surface area (Å²) in [6, 6.07) is 32.3. The van der Waals surface area contributed by atoms with Crippen molar-refractivity contribution in [3.63, 3.8) is 0 Å². The third kappa shape index (κ3) is 3.00. The number of benzene rings is 3. The van der Waals surface area contributed by atoms with E-state index in [1.807, 2.05) is 0 Å². The minimum absolute atomic E-state index is 0.865. The summed E-state index contributed by atoms with van der Waals surface area (Å²) in [5.74, 6) is 0. The van der Waals surface area contributed by atoms with Gasteiger partial charge in [-0.2, -0.15) is 0 Å². The molecule has 0 unspecified atom stereocenters. The van der Waals surface area contributed by atoms with E-state index in [4.69, 9.17) is 0 Å². The Kier molecular flexibility index (Phi) is 3.95. The van der Waals surface area contributed by atoms with Crippen LogP contribution in [0.25, 0.3) is 21.8 Å². The number of nitrogens with zero attached hydrogens (tertiary/aromatic N) is 2. The molecule has 0 spiro atoms. The topological polar surface area (TPSA) is 8.81 Å². The quantitative estimate of drug-likeness (QED) is 0.395. The van der Waals surface area contributed by atoms with E-state index >= 15 is 0 Å². The first-order valence-corrected chi connectivity index (χ1v) is 9.36. The Labute approximate surface area is 158 Å². The van der Waals surface area contributed by atoms with Gasteiger partial charge in [0.05, 0.1) is 6.54 Å². The summed E-state index contributed by atoms with van der Waals surface area (Å²) in [6.45, 7) is 1.76. The van der Waals surface area contributed by atoms with Crippen molar-refractivity contribution in [3.8, 4) is 0 Å². The van der Waals surface area contributed by atoms with E-state index in [9.17, 15) is 0 Å². The first kappa shape index (κ1) is 15.8. The molecule has 0 N–H and O–H groups in total. The lowest BCUT2D eigenvalue weighted by Gasteiger charge is -2.07. The molecule has 0 saturated carbocycles. The van der Waals surface area contributed by atoms with E-state index in [-0.39, 0.29) is 0 Å². The summed E-state index contributed by atoms with van der Waals surface area (Å²) in [5, 5.41) is 2.64.